The number of carbonyl (C=O) groups excluding carboxylic acids is 1. The molecule has 0 aromatic rings. The predicted molar refractivity (Wildman–Crippen MR) is 184 cm³/mol. The minimum atomic E-state index is -4.34. The van der Waals surface area contributed by atoms with Crippen molar-refractivity contribution in [2.24, 2.45) is 0 Å². The molecule has 1 amide bonds. The summed E-state index contributed by atoms with van der Waals surface area (Å²) in [4.78, 5) is 12.4. The van der Waals surface area contributed by atoms with Crippen molar-refractivity contribution in [1.82, 2.24) is 5.32 Å². The number of allylic oxidation sites excluding steroid dienone is 3. The zero-order chi connectivity index (χ0) is 31.9. The Bertz CT molecular complexity index is 781. The Hall–Kier alpha value is -1.18. The van der Waals surface area contributed by atoms with E-state index in [1.54, 1.807) is 0 Å². The van der Waals surface area contributed by atoms with Crippen molar-refractivity contribution in [1.29, 1.82) is 0 Å². The molecule has 0 spiro atoms. The molecule has 0 aromatic carbocycles. The maximum absolute atomic E-state index is 12.4. The van der Waals surface area contributed by atoms with Crippen LogP contribution in [0.3, 0.4) is 0 Å². The molecule has 0 heterocycles. The van der Waals surface area contributed by atoms with E-state index in [1.165, 1.54) is 128 Å². The van der Waals surface area contributed by atoms with Gasteiger partial charge in [-0.2, -0.15) is 8.42 Å². The normalized spacial score (nSPS) is 13.7. The monoisotopic (exact) mass is 627 g/mol. The molecule has 0 radical (unpaired) electrons. The summed E-state index contributed by atoms with van der Waals surface area (Å²) in [7, 11) is -4.34. The SMILES string of the molecule is CCCCCCCCCC/C=C/CC/C=C/C(O)C(CS(=O)(=O)O)NC(=O)CCCCCCCCCCCCCCCC. The standard InChI is InChI=1S/C36H69NO5S/c1-3-5-7-9-11-13-15-17-19-21-23-25-27-29-31-35(38)34(33-43(40,41)42)37-36(39)32-30-28-26-24-22-20-18-16-14-12-10-8-6-4-2/h21,23,29,31,34-35,38H,3-20,22,24-28,30,32-33H2,1-2H3,(H,37,39)(H,40,41,42)/b23-21+,31-29+. The van der Waals surface area contributed by atoms with Gasteiger partial charge in [-0.1, -0.05) is 167 Å². The largest absolute Gasteiger partial charge is 0.387 e. The number of hydrogen-bond acceptors (Lipinski definition) is 4. The third kappa shape index (κ3) is 32.0. The van der Waals surface area contributed by atoms with Crippen molar-refractivity contribution in [3.63, 3.8) is 0 Å². The fourth-order valence-corrected chi connectivity index (χ4v) is 6.14. The Morgan fingerprint density at radius 1 is 0.605 bits per heavy atom. The first-order valence-electron chi connectivity index (χ1n) is 18.0. The average molecular weight is 628 g/mol. The third-order valence-electron chi connectivity index (χ3n) is 8.13. The number of carbonyl (C=O) groups is 1. The molecule has 7 heteroatoms. The van der Waals surface area contributed by atoms with Gasteiger partial charge >= 0.3 is 0 Å². The molecule has 0 aliphatic heterocycles. The molecule has 0 aliphatic rings. The molecule has 6 nitrogen and oxygen atoms in total. The van der Waals surface area contributed by atoms with E-state index in [0.717, 1.165) is 38.5 Å². The van der Waals surface area contributed by atoms with Gasteiger partial charge in [-0.3, -0.25) is 9.35 Å². The lowest BCUT2D eigenvalue weighted by Crippen LogP contribution is -2.46. The van der Waals surface area contributed by atoms with Gasteiger partial charge in [0.1, 0.15) is 0 Å². The fraction of sp³-hybridized carbons (Fsp3) is 0.861. The lowest BCUT2D eigenvalue weighted by Gasteiger charge is -2.21. The van der Waals surface area contributed by atoms with E-state index >= 15 is 0 Å². The third-order valence-corrected chi connectivity index (χ3v) is 8.91. The van der Waals surface area contributed by atoms with Crippen LogP contribution < -0.4 is 5.32 Å². The van der Waals surface area contributed by atoms with Crippen molar-refractivity contribution in [3.8, 4) is 0 Å². The predicted octanol–water partition coefficient (Wildman–Crippen LogP) is 10.0. The zero-order valence-corrected chi connectivity index (χ0v) is 28.9. The fourth-order valence-electron chi connectivity index (χ4n) is 5.41. The highest BCUT2D eigenvalue weighted by Crippen LogP contribution is 2.14. The van der Waals surface area contributed by atoms with Crippen LogP contribution >= 0.6 is 0 Å². The highest BCUT2D eigenvalue weighted by molar-refractivity contribution is 7.85. The van der Waals surface area contributed by atoms with Crippen molar-refractivity contribution < 1.29 is 22.9 Å². The number of rotatable bonds is 32. The van der Waals surface area contributed by atoms with E-state index in [2.05, 4.69) is 31.3 Å². The van der Waals surface area contributed by atoms with Crippen LogP contribution in [0.5, 0.6) is 0 Å². The number of hydrogen-bond donors (Lipinski definition) is 3. The summed E-state index contributed by atoms with van der Waals surface area (Å²) in [6, 6.07) is -1.07. The number of nitrogens with one attached hydrogen (secondary N) is 1. The molecule has 0 saturated carbocycles. The van der Waals surface area contributed by atoms with Crippen molar-refractivity contribution in [2.75, 3.05) is 5.75 Å². The topological polar surface area (TPSA) is 104 Å². The van der Waals surface area contributed by atoms with Gasteiger partial charge in [-0.25, -0.2) is 0 Å². The van der Waals surface area contributed by atoms with E-state index in [9.17, 15) is 22.9 Å². The van der Waals surface area contributed by atoms with Crippen LogP contribution in [0.1, 0.15) is 181 Å². The molecular formula is C36H69NO5S. The second-order valence-corrected chi connectivity index (χ2v) is 14.0. The molecule has 3 N–H and O–H groups in total. The Labute approximate surface area is 266 Å². The Morgan fingerprint density at radius 3 is 1.47 bits per heavy atom. The molecule has 254 valence electrons. The van der Waals surface area contributed by atoms with E-state index in [1.807, 2.05) is 6.08 Å². The summed E-state index contributed by atoms with van der Waals surface area (Å²) < 4.78 is 32.3. The van der Waals surface area contributed by atoms with Crippen molar-refractivity contribution in [3.05, 3.63) is 24.3 Å². The number of unbranched alkanes of at least 4 members (excludes halogenated alkanes) is 22. The van der Waals surface area contributed by atoms with Gasteiger partial charge in [0.15, 0.2) is 0 Å². The number of amides is 1. The van der Waals surface area contributed by atoms with Gasteiger partial charge in [0.25, 0.3) is 10.1 Å². The molecule has 0 aliphatic carbocycles. The first kappa shape index (κ1) is 41.8. The quantitative estimate of drug-likeness (QED) is 0.0391. The van der Waals surface area contributed by atoms with Gasteiger partial charge in [0.2, 0.25) is 5.91 Å². The zero-order valence-electron chi connectivity index (χ0n) is 28.1. The van der Waals surface area contributed by atoms with E-state index < -0.39 is 28.0 Å². The van der Waals surface area contributed by atoms with Crippen molar-refractivity contribution in [2.45, 2.75) is 193 Å². The Morgan fingerprint density at radius 2 is 1.00 bits per heavy atom. The van der Waals surface area contributed by atoms with Gasteiger partial charge in [-0.05, 0) is 32.1 Å². The number of aliphatic hydroxyl groups is 1. The van der Waals surface area contributed by atoms with Crippen LogP contribution in [-0.2, 0) is 14.9 Å². The Balaban J connectivity index is 4.03. The second kappa shape index (κ2) is 30.8. The first-order chi connectivity index (χ1) is 20.8. The molecule has 0 fully saturated rings. The smallest absolute Gasteiger partial charge is 0.267 e. The van der Waals surface area contributed by atoms with Crippen LogP contribution in [0.15, 0.2) is 24.3 Å². The van der Waals surface area contributed by atoms with Crippen LogP contribution in [0.25, 0.3) is 0 Å². The lowest BCUT2D eigenvalue weighted by molar-refractivity contribution is -0.122. The van der Waals surface area contributed by atoms with Gasteiger partial charge < -0.3 is 10.4 Å². The second-order valence-electron chi connectivity index (χ2n) is 12.5. The Kier molecular flexibility index (Phi) is 30.0. The summed E-state index contributed by atoms with van der Waals surface area (Å²) in [6.45, 7) is 4.50. The van der Waals surface area contributed by atoms with E-state index in [-0.39, 0.29) is 5.91 Å². The molecular weight excluding hydrogens is 558 g/mol. The average Bonchev–Trinajstić information content (AvgIpc) is 2.96. The maximum atomic E-state index is 12.4. The van der Waals surface area contributed by atoms with Crippen LogP contribution in [0.4, 0.5) is 0 Å². The molecule has 2 unspecified atom stereocenters. The molecule has 0 rings (SSSR count). The summed E-state index contributed by atoms with van der Waals surface area (Å²) in [6.07, 6.45) is 37.3. The van der Waals surface area contributed by atoms with Crippen molar-refractivity contribution >= 4 is 16.0 Å². The summed E-state index contributed by atoms with van der Waals surface area (Å²) in [5.74, 6) is -0.995. The maximum Gasteiger partial charge on any atom is 0.267 e. The highest BCUT2D eigenvalue weighted by Gasteiger charge is 2.24. The first-order valence-corrected chi connectivity index (χ1v) is 19.6. The molecule has 0 bridgehead atoms. The summed E-state index contributed by atoms with van der Waals surface area (Å²) in [5.41, 5.74) is 0. The number of aliphatic hydroxyl groups excluding tert-OH is 1. The van der Waals surface area contributed by atoms with Crippen LogP contribution in [-0.4, -0.2) is 41.9 Å². The van der Waals surface area contributed by atoms with Crippen LogP contribution in [0, 0.1) is 0 Å². The van der Waals surface area contributed by atoms with Gasteiger partial charge in [-0.15, -0.1) is 0 Å². The van der Waals surface area contributed by atoms with E-state index in [4.69, 9.17) is 0 Å². The summed E-state index contributed by atoms with van der Waals surface area (Å²) >= 11 is 0. The summed E-state index contributed by atoms with van der Waals surface area (Å²) in [5, 5.41) is 13.1. The minimum absolute atomic E-state index is 0.288. The van der Waals surface area contributed by atoms with E-state index in [0.29, 0.717) is 6.42 Å². The molecule has 2 atom stereocenters. The van der Waals surface area contributed by atoms with Crippen LogP contribution in [0.2, 0.25) is 0 Å². The highest BCUT2D eigenvalue weighted by atomic mass is 32.2. The van der Waals surface area contributed by atoms with Gasteiger partial charge in [0.05, 0.1) is 17.9 Å². The minimum Gasteiger partial charge on any atom is -0.387 e. The van der Waals surface area contributed by atoms with Gasteiger partial charge in [0, 0.05) is 6.42 Å². The lowest BCUT2D eigenvalue weighted by atomic mass is 10.0. The molecule has 0 aromatic heterocycles. The molecule has 0 saturated heterocycles. The molecule has 43 heavy (non-hydrogen) atoms.